The fourth-order valence-electron chi connectivity index (χ4n) is 8.92. The van der Waals surface area contributed by atoms with Gasteiger partial charge in [-0.3, -0.25) is 4.57 Å². The number of benzene rings is 7. The molecule has 0 saturated carbocycles. The first-order valence-corrected chi connectivity index (χ1v) is 19.4. The van der Waals surface area contributed by atoms with Crippen molar-refractivity contribution in [1.29, 1.82) is 0 Å². The summed E-state index contributed by atoms with van der Waals surface area (Å²) in [5.74, 6) is 2.98. The van der Waals surface area contributed by atoms with Gasteiger partial charge >= 0.3 is 0 Å². The molecule has 57 heavy (non-hydrogen) atoms. The van der Waals surface area contributed by atoms with Crippen molar-refractivity contribution in [3.8, 4) is 51.3 Å². The van der Waals surface area contributed by atoms with E-state index < -0.39 is 0 Å². The first-order valence-electron chi connectivity index (χ1n) is 19.4. The van der Waals surface area contributed by atoms with Crippen molar-refractivity contribution in [3.63, 3.8) is 0 Å². The second kappa shape index (κ2) is 12.5. The summed E-state index contributed by atoms with van der Waals surface area (Å²) >= 11 is 0. The van der Waals surface area contributed by atoms with Gasteiger partial charge in [0.05, 0.1) is 22.1 Å². The van der Waals surface area contributed by atoms with E-state index in [4.69, 9.17) is 19.7 Å². The lowest BCUT2D eigenvalue weighted by Crippen LogP contribution is -2.15. The third-order valence-corrected chi connectivity index (χ3v) is 11.5. The maximum atomic E-state index is 6.59. The van der Waals surface area contributed by atoms with Crippen molar-refractivity contribution in [1.82, 2.24) is 24.1 Å². The third-order valence-electron chi connectivity index (χ3n) is 11.5. The van der Waals surface area contributed by atoms with Gasteiger partial charge in [0.1, 0.15) is 11.9 Å². The van der Waals surface area contributed by atoms with Crippen molar-refractivity contribution in [2.24, 2.45) is 0 Å². The molecule has 2 atom stereocenters. The van der Waals surface area contributed by atoms with Crippen molar-refractivity contribution < 1.29 is 4.74 Å². The molecule has 6 heteroatoms. The zero-order valence-corrected chi connectivity index (χ0v) is 30.7. The Morgan fingerprint density at radius 3 is 1.91 bits per heavy atom. The molecule has 2 unspecified atom stereocenters. The SMILES string of the molecule is C1=CC2Oc3c(-c4ccc5c(c4)c4ccccc4n5-c4nc(-c5ccccc5)nc(-c5ccc6c7ccccc7n(-c7ccccc7)c6c5)n4)cccc3C2C=C1. The van der Waals surface area contributed by atoms with Crippen LogP contribution in [0.1, 0.15) is 11.5 Å². The summed E-state index contributed by atoms with van der Waals surface area (Å²) in [5, 5.41) is 4.62. The topological polar surface area (TPSA) is 57.8 Å². The average Bonchev–Trinajstić information content (AvgIpc) is 3.94. The second-order valence-electron chi connectivity index (χ2n) is 14.8. The molecular weight excluding hydrogens is 699 g/mol. The van der Waals surface area contributed by atoms with E-state index in [1.807, 2.05) is 18.2 Å². The molecule has 6 nitrogen and oxygen atoms in total. The summed E-state index contributed by atoms with van der Waals surface area (Å²) in [7, 11) is 0. The molecule has 2 aliphatic rings. The summed E-state index contributed by atoms with van der Waals surface area (Å²) < 4.78 is 11.1. The number of hydrogen-bond donors (Lipinski definition) is 0. The number of para-hydroxylation sites is 4. The van der Waals surface area contributed by atoms with E-state index in [1.165, 1.54) is 16.3 Å². The van der Waals surface area contributed by atoms with Crippen LogP contribution < -0.4 is 4.74 Å². The molecule has 1 aliphatic heterocycles. The van der Waals surface area contributed by atoms with Crippen molar-refractivity contribution in [2.75, 3.05) is 0 Å². The predicted octanol–water partition coefficient (Wildman–Crippen LogP) is 12.0. The second-order valence-corrected chi connectivity index (χ2v) is 14.8. The van der Waals surface area contributed by atoms with Crippen LogP contribution in [0.3, 0.4) is 0 Å². The van der Waals surface area contributed by atoms with E-state index in [-0.39, 0.29) is 12.0 Å². The molecular formula is C51H33N5O. The predicted molar refractivity (Wildman–Crippen MR) is 230 cm³/mol. The number of aromatic nitrogens is 5. The Bertz CT molecular complexity index is 3290. The van der Waals surface area contributed by atoms with Gasteiger partial charge in [0.15, 0.2) is 11.6 Å². The lowest BCUT2D eigenvalue weighted by molar-refractivity contribution is 0.270. The highest BCUT2D eigenvalue weighted by atomic mass is 16.5. The molecule has 7 aromatic carbocycles. The Balaban J connectivity index is 1.07. The highest BCUT2D eigenvalue weighted by molar-refractivity contribution is 6.11. The molecule has 0 amide bonds. The van der Waals surface area contributed by atoms with Gasteiger partial charge in [-0.1, -0.05) is 140 Å². The number of rotatable bonds is 5. The molecule has 268 valence electrons. The zero-order valence-electron chi connectivity index (χ0n) is 30.7. The Kier molecular flexibility index (Phi) is 6.95. The molecule has 0 radical (unpaired) electrons. The molecule has 12 rings (SSSR count). The van der Waals surface area contributed by atoms with E-state index in [0.717, 1.165) is 66.5 Å². The van der Waals surface area contributed by atoms with E-state index in [2.05, 4.69) is 179 Å². The van der Waals surface area contributed by atoms with Crippen LogP contribution in [0.25, 0.3) is 89.2 Å². The molecule has 0 saturated heterocycles. The lowest BCUT2D eigenvalue weighted by atomic mass is 9.90. The summed E-state index contributed by atoms with van der Waals surface area (Å²) in [5.41, 5.74) is 10.7. The normalized spacial score (nSPS) is 15.7. The van der Waals surface area contributed by atoms with Crippen LogP contribution in [0.2, 0.25) is 0 Å². The first kappa shape index (κ1) is 31.7. The molecule has 10 aromatic rings. The summed E-state index contributed by atoms with van der Waals surface area (Å²) in [6.45, 7) is 0. The van der Waals surface area contributed by atoms with Crippen molar-refractivity contribution in [2.45, 2.75) is 12.0 Å². The van der Waals surface area contributed by atoms with Crippen LogP contribution in [-0.2, 0) is 0 Å². The molecule has 3 aromatic heterocycles. The van der Waals surface area contributed by atoms with Crippen molar-refractivity contribution >= 4 is 43.6 Å². The number of fused-ring (bicyclic) bond motifs is 9. The smallest absolute Gasteiger partial charge is 0.238 e. The van der Waals surface area contributed by atoms with E-state index >= 15 is 0 Å². The van der Waals surface area contributed by atoms with Gasteiger partial charge < -0.3 is 9.30 Å². The van der Waals surface area contributed by atoms with Gasteiger partial charge in [0, 0.05) is 55.4 Å². The number of nitrogens with zero attached hydrogens (tertiary/aromatic N) is 5. The highest BCUT2D eigenvalue weighted by Gasteiger charge is 2.34. The van der Waals surface area contributed by atoms with Crippen LogP contribution in [0.4, 0.5) is 0 Å². The largest absolute Gasteiger partial charge is 0.484 e. The molecule has 1 aliphatic carbocycles. The van der Waals surface area contributed by atoms with Gasteiger partial charge in [-0.25, -0.2) is 4.98 Å². The van der Waals surface area contributed by atoms with Gasteiger partial charge in [0.2, 0.25) is 5.95 Å². The fourth-order valence-corrected chi connectivity index (χ4v) is 8.92. The average molecular weight is 732 g/mol. The van der Waals surface area contributed by atoms with E-state index in [9.17, 15) is 0 Å². The van der Waals surface area contributed by atoms with Gasteiger partial charge in [-0.15, -0.1) is 0 Å². The van der Waals surface area contributed by atoms with Crippen LogP contribution in [0.5, 0.6) is 5.75 Å². The number of allylic oxidation sites excluding steroid dienone is 2. The van der Waals surface area contributed by atoms with Crippen LogP contribution in [0, 0.1) is 0 Å². The summed E-state index contributed by atoms with van der Waals surface area (Å²) in [6, 6.07) is 57.5. The van der Waals surface area contributed by atoms with Gasteiger partial charge in [-0.05, 0) is 54.1 Å². The standard InChI is InChI=1S/C51H33N5O/c1-3-14-32(15-4-1)49-52-50(34-26-28-39-37-18-7-10-23-43(37)55(46(39)31-34)35-16-5-2-6-17-35)54-51(53-49)56-44-24-11-8-19-38(44)42-30-33(27-29-45(42)56)36-21-13-22-41-40-20-9-12-25-47(40)57-48(36)41/h1-31,40,47H. The number of hydrogen-bond acceptors (Lipinski definition) is 4. The maximum Gasteiger partial charge on any atom is 0.238 e. The van der Waals surface area contributed by atoms with E-state index in [1.54, 1.807) is 0 Å². The monoisotopic (exact) mass is 731 g/mol. The Morgan fingerprint density at radius 2 is 1.09 bits per heavy atom. The quantitative estimate of drug-likeness (QED) is 0.177. The fraction of sp³-hybridized carbons (Fsp3) is 0.0392. The minimum Gasteiger partial charge on any atom is -0.484 e. The van der Waals surface area contributed by atoms with Crippen molar-refractivity contribution in [3.05, 3.63) is 194 Å². The molecule has 0 spiro atoms. The highest BCUT2D eigenvalue weighted by Crippen LogP contribution is 2.47. The number of ether oxygens (including phenoxy) is 1. The summed E-state index contributed by atoms with van der Waals surface area (Å²) in [6.07, 6.45) is 8.61. The van der Waals surface area contributed by atoms with E-state index in [0.29, 0.717) is 17.6 Å². The lowest BCUT2D eigenvalue weighted by Gasteiger charge is -2.14. The Morgan fingerprint density at radius 1 is 0.439 bits per heavy atom. The van der Waals surface area contributed by atoms with Crippen LogP contribution in [0.15, 0.2) is 188 Å². The minimum absolute atomic E-state index is 0.0241. The molecule has 0 N–H and O–H groups in total. The van der Waals surface area contributed by atoms with Crippen LogP contribution in [-0.4, -0.2) is 30.2 Å². The third kappa shape index (κ3) is 4.94. The summed E-state index contributed by atoms with van der Waals surface area (Å²) in [4.78, 5) is 15.7. The Hall–Kier alpha value is -7.57. The van der Waals surface area contributed by atoms with Crippen LogP contribution >= 0.6 is 0 Å². The Labute approximate surface area is 328 Å². The molecule has 0 fully saturated rings. The van der Waals surface area contributed by atoms with Gasteiger partial charge in [-0.2, -0.15) is 9.97 Å². The zero-order chi connectivity index (χ0) is 37.5. The minimum atomic E-state index is 0.0241. The maximum absolute atomic E-state index is 6.59. The molecule has 0 bridgehead atoms. The van der Waals surface area contributed by atoms with Gasteiger partial charge in [0.25, 0.3) is 0 Å². The molecule has 4 heterocycles. The first-order chi connectivity index (χ1) is 28.3.